The Labute approximate surface area is 304 Å². The first-order chi connectivity index (χ1) is 28.8. The Morgan fingerprint density at radius 1 is 0.367 bits per heavy atom. The third-order valence-corrected chi connectivity index (χ3v) is 9.12. The van der Waals surface area contributed by atoms with Crippen LogP contribution in [0, 0.1) is 0 Å². The van der Waals surface area contributed by atoms with E-state index < -0.39 is 66.0 Å². The van der Waals surface area contributed by atoms with Crippen molar-refractivity contribution < 1.29 is 15.1 Å². The largest absolute Gasteiger partial charge is 0.208 e. The third-order valence-electron chi connectivity index (χ3n) is 8.10. The average molecular weight is 655 g/mol. The Balaban J connectivity index is 1.26. The lowest BCUT2D eigenvalue weighted by Crippen LogP contribution is -2.00. The van der Waals surface area contributed by atoms with Crippen LogP contribution in [0.4, 0.5) is 0 Å². The van der Waals surface area contributed by atoms with Gasteiger partial charge in [-0.25, -0.2) is 15.0 Å². The van der Waals surface area contributed by atoms with Gasteiger partial charge in [0.25, 0.3) is 0 Å². The van der Waals surface area contributed by atoms with Crippen molar-refractivity contribution in [1.29, 1.82) is 0 Å². The van der Waals surface area contributed by atoms with Crippen LogP contribution in [0.1, 0.15) is 15.1 Å². The molecule has 0 amide bonds. The fourth-order valence-corrected chi connectivity index (χ4v) is 6.55. The van der Waals surface area contributed by atoms with Crippen molar-refractivity contribution in [2.45, 2.75) is 0 Å². The van der Waals surface area contributed by atoms with E-state index in [-0.39, 0.29) is 54.8 Å². The van der Waals surface area contributed by atoms with Crippen LogP contribution in [-0.2, 0) is 0 Å². The zero-order valence-electron chi connectivity index (χ0n) is 36.6. The summed E-state index contributed by atoms with van der Waals surface area (Å²) in [7, 11) is 0. The van der Waals surface area contributed by atoms with Gasteiger partial charge in [-0.2, -0.15) is 0 Å². The fraction of sp³-hybridized carbons (Fsp3) is 0. The van der Waals surface area contributed by atoms with Gasteiger partial charge in [-0.3, -0.25) is 0 Å². The van der Waals surface area contributed by atoms with Crippen LogP contribution in [0.3, 0.4) is 0 Å². The van der Waals surface area contributed by atoms with Crippen LogP contribution in [0.2, 0.25) is 0 Å². The Hall–Kier alpha value is -6.23. The van der Waals surface area contributed by atoms with E-state index in [2.05, 4.69) is 0 Å². The predicted octanol–water partition coefficient (Wildman–Crippen LogP) is 12.2. The van der Waals surface area contributed by atoms with Crippen LogP contribution >= 0.6 is 11.3 Å². The van der Waals surface area contributed by atoms with Crippen LogP contribution in [0.15, 0.2) is 176 Å². The number of hydrogen-bond acceptors (Lipinski definition) is 4. The van der Waals surface area contributed by atoms with E-state index in [9.17, 15) is 6.85 Å². The zero-order valence-corrected chi connectivity index (χ0v) is 26.5. The molecule has 0 aliphatic rings. The number of aromatic nitrogens is 3. The summed E-state index contributed by atoms with van der Waals surface area (Å²) < 4.78 is 98.0. The second kappa shape index (κ2) is 12.4. The van der Waals surface area contributed by atoms with Crippen molar-refractivity contribution in [3.05, 3.63) is 176 Å². The van der Waals surface area contributed by atoms with E-state index in [4.69, 9.17) is 23.2 Å². The van der Waals surface area contributed by atoms with Crippen LogP contribution in [0.5, 0.6) is 0 Å². The van der Waals surface area contributed by atoms with Gasteiger partial charge in [0.1, 0.15) is 0 Å². The minimum absolute atomic E-state index is 0.00833. The van der Waals surface area contributed by atoms with Gasteiger partial charge in [-0.05, 0) is 57.6 Å². The molecular weight excluding hydrogens is 615 g/mol. The van der Waals surface area contributed by atoms with E-state index >= 15 is 0 Å². The maximum absolute atomic E-state index is 9.29. The van der Waals surface area contributed by atoms with E-state index in [0.717, 1.165) is 33.6 Å². The molecule has 2 aromatic heterocycles. The highest BCUT2D eigenvalue weighted by atomic mass is 32.1. The minimum atomic E-state index is -0.602. The third kappa shape index (κ3) is 5.69. The molecule has 230 valence electrons. The summed E-state index contributed by atoms with van der Waals surface area (Å²) in [4.78, 5) is 14.3. The quantitative estimate of drug-likeness (QED) is 0.179. The van der Waals surface area contributed by atoms with Gasteiger partial charge >= 0.3 is 0 Å². The van der Waals surface area contributed by atoms with Crippen LogP contribution < -0.4 is 0 Å². The molecule has 3 nitrogen and oxygen atoms in total. The molecule has 0 atom stereocenters. The molecule has 9 aromatic rings. The summed E-state index contributed by atoms with van der Waals surface area (Å²) in [6.07, 6.45) is 0. The number of benzene rings is 7. The number of hydrogen-bond donors (Lipinski definition) is 0. The summed E-state index contributed by atoms with van der Waals surface area (Å²) in [5, 5.41) is -0.0345. The van der Waals surface area contributed by atoms with Crippen LogP contribution in [0.25, 0.3) is 87.7 Å². The number of thiophene rings is 1. The molecule has 0 aliphatic heterocycles. The normalized spacial score (nSPS) is 14.4. The van der Waals surface area contributed by atoms with Gasteiger partial charge < -0.3 is 0 Å². The van der Waals surface area contributed by atoms with Gasteiger partial charge in [-0.15, -0.1) is 11.3 Å². The Kier molecular flexibility index (Phi) is 4.96. The summed E-state index contributed by atoms with van der Waals surface area (Å²) in [5.74, 6) is 0.311. The lowest BCUT2D eigenvalue weighted by molar-refractivity contribution is 1.07. The Morgan fingerprint density at radius 3 is 1.61 bits per heavy atom. The molecule has 0 N–H and O–H groups in total. The van der Waals surface area contributed by atoms with Gasteiger partial charge in [0.15, 0.2) is 17.5 Å². The van der Waals surface area contributed by atoms with Crippen LogP contribution in [-0.4, -0.2) is 15.0 Å². The monoisotopic (exact) mass is 654 g/mol. The molecule has 0 aliphatic carbocycles. The first-order valence-electron chi connectivity index (χ1n) is 21.0. The molecule has 0 spiro atoms. The minimum Gasteiger partial charge on any atom is -0.208 e. The van der Waals surface area contributed by atoms with Crippen molar-refractivity contribution in [3.63, 3.8) is 0 Å². The summed E-state index contributed by atoms with van der Waals surface area (Å²) >= 11 is 0.868. The zero-order chi connectivity index (χ0) is 42.1. The highest BCUT2D eigenvalue weighted by Crippen LogP contribution is 2.37. The molecular formula is C45H29N3S. The number of rotatable bonds is 6. The molecule has 7 aromatic carbocycles. The van der Waals surface area contributed by atoms with Crippen molar-refractivity contribution >= 4 is 31.5 Å². The summed E-state index contributed by atoms with van der Waals surface area (Å²) in [6, 6.07) is 29.3. The fourth-order valence-electron chi connectivity index (χ4n) is 5.63. The maximum atomic E-state index is 9.29. The SMILES string of the molecule is [2H]c1c([2H])c(-c2c([2H])c([2H])c3sc4c([2H])c([2H])c([2H])c([2H])c4c3c2[2H])c([2H])c([2H])c1-c1nc(-c2ccc(-c3ccccc3)cc2)nc(-c2cccc(-c3ccccc3)c2)n1. The molecule has 0 fully saturated rings. The number of nitrogens with zero attached hydrogens (tertiary/aromatic N) is 3. The van der Waals surface area contributed by atoms with Crippen molar-refractivity contribution in [1.82, 2.24) is 15.0 Å². The average Bonchev–Trinajstić information content (AvgIpc) is 3.70. The standard InChI is InChI=1S/C45H29N3S/c1-3-10-30(11-4-1)32-18-22-34(23-19-32)43-46-44(48-45(47-43)38-15-9-14-36(28-38)31-12-5-2-6-13-31)35-24-20-33(21-25-35)37-26-27-42-40(29-37)39-16-7-8-17-41(39)49-42/h1-29H/i7D,8D,16D,17D,20D,21D,24D,25D,26D,27D,29D. The summed E-state index contributed by atoms with van der Waals surface area (Å²) in [5.41, 5.74) is 4.07. The molecule has 9 rings (SSSR count). The van der Waals surface area contributed by atoms with Crippen molar-refractivity contribution in [2.75, 3.05) is 0 Å². The Morgan fingerprint density at radius 2 is 0.878 bits per heavy atom. The highest BCUT2D eigenvalue weighted by Gasteiger charge is 2.14. The van der Waals surface area contributed by atoms with Gasteiger partial charge in [0.05, 0.1) is 15.1 Å². The van der Waals surface area contributed by atoms with E-state index in [1.807, 2.05) is 109 Å². The topological polar surface area (TPSA) is 38.7 Å². The molecule has 0 bridgehead atoms. The maximum Gasteiger partial charge on any atom is 0.164 e. The lowest BCUT2D eigenvalue weighted by atomic mass is 10.0. The predicted molar refractivity (Wildman–Crippen MR) is 205 cm³/mol. The second-order valence-electron chi connectivity index (χ2n) is 11.2. The highest BCUT2D eigenvalue weighted by molar-refractivity contribution is 7.25. The van der Waals surface area contributed by atoms with Crippen molar-refractivity contribution in [2.24, 2.45) is 0 Å². The molecule has 49 heavy (non-hydrogen) atoms. The second-order valence-corrected chi connectivity index (χ2v) is 12.2. The molecule has 0 saturated heterocycles. The Bertz CT molecular complexity index is 3180. The van der Waals surface area contributed by atoms with E-state index in [1.54, 1.807) is 0 Å². The molecule has 4 heteroatoms. The van der Waals surface area contributed by atoms with Gasteiger partial charge in [0.2, 0.25) is 0 Å². The molecule has 0 saturated carbocycles. The first-order valence-corrected chi connectivity index (χ1v) is 16.3. The smallest absolute Gasteiger partial charge is 0.164 e. The van der Waals surface area contributed by atoms with E-state index in [0.29, 0.717) is 11.1 Å². The molecule has 0 unspecified atom stereocenters. The molecule has 0 radical (unpaired) electrons. The van der Waals surface area contributed by atoms with Crippen molar-refractivity contribution in [3.8, 4) is 67.5 Å². The first kappa shape index (κ1) is 19.6. The van der Waals surface area contributed by atoms with Gasteiger partial charge in [0, 0.05) is 36.9 Å². The van der Waals surface area contributed by atoms with E-state index in [1.165, 1.54) is 0 Å². The molecule has 2 heterocycles. The summed E-state index contributed by atoms with van der Waals surface area (Å²) in [6.45, 7) is 0. The number of fused-ring (bicyclic) bond motifs is 3. The van der Waals surface area contributed by atoms with Gasteiger partial charge in [-0.1, -0.05) is 151 Å². The lowest BCUT2D eigenvalue weighted by Gasteiger charge is -2.11.